The summed E-state index contributed by atoms with van der Waals surface area (Å²) in [6.45, 7) is 51.3. The summed E-state index contributed by atoms with van der Waals surface area (Å²) < 4.78 is 32.8. The van der Waals surface area contributed by atoms with Crippen LogP contribution in [0.1, 0.15) is 456 Å². The number of rotatable bonds is 83. The van der Waals surface area contributed by atoms with Crippen LogP contribution < -0.4 is 0 Å². The van der Waals surface area contributed by atoms with E-state index in [1.165, 1.54) is 288 Å². The Morgan fingerprint density at radius 2 is 0.640 bits per heavy atom. The number of esters is 3. The van der Waals surface area contributed by atoms with E-state index in [4.69, 9.17) is 23.1 Å². The van der Waals surface area contributed by atoms with Gasteiger partial charge in [-0.1, -0.05) is 342 Å². The smallest absolute Gasteiger partial charge is 0.306 e. The van der Waals surface area contributed by atoms with Gasteiger partial charge in [-0.2, -0.15) is 0 Å². The number of carbonyl (C=O) groups is 3. The predicted octanol–water partition coefficient (Wildman–Crippen LogP) is 29.5. The molecule has 0 N–H and O–H groups in total. The number of carbonyl (C=O) groups excluding carboxylic acids is 3. The molecule has 0 radical (unpaired) electrons. The van der Waals surface area contributed by atoms with E-state index >= 15 is 0 Å². The highest BCUT2D eigenvalue weighted by atomic mass is 33.1. The lowest BCUT2D eigenvalue weighted by Crippen LogP contribution is -2.57. The second-order valence-corrected chi connectivity index (χ2v) is 51.0. The van der Waals surface area contributed by atoms with Crippen LogP contribution in [0.4, 0.5) is 0 Å². The van der Waals surface area contributed by atoms with Crippen LogP contribution in [0.25, 0.3) is 0 Å². The third-order valence-corrected chi connectivity index (χ3v) is 37.3. The maximum absolute atomic E-state index is 13.7. The van der Waals surface area contributed by atoms with Crippen molar-refractivity contribution in [3.05, 3.63) is 0 Å². The summed E-state index contributed by atoms with van der Waals surface area (Å²) in [6.07, 6.45) is 68.6. The lowest BCUT2D eigenvalue weighted by Gasteiger charge is -2.44. The van der Waals surface area contributed by atoms with E-state index < -0.39 is 16.6 Å². The Balaban J connectivity index is 2.78. The molecule has 1 rings (SSSR count). The molecule has 1 aliphatic rings. The zero-order chi connectivity index (χ0) is 84.1. The van der Waals surface area contributed by atoms with Crippen molar-refractivity contribution in [1.29, 1.82) is 0 Å². The fourth-order valence-electron chi connectivity index (χ4n) is 15.9. The van der Waals surface area contributed by atoms with Crippen LogP contribution in [0.5, 0.6) is 0 Å². The molecular weight excluding hydrogens is 1480 g/mol. The third kappa shape index (κ3) is 63.3. The topological polar surface area (TPSA) is 110 Å². The van der Waals surface area contributed by atoms with Crippen molar-refractivity contribution in [3.8, 4) is 0 Å². The maximum Gasteiger partial charge on any atom is 0.306 e. The standard InChI is InChI=1S/C98H198N4O8S2Si2/c1-18-23-28-33-38-41-44-52-64-81-106-94(103)72-59-53-61-76-99(75-60-51-45-50-58-73-96(105)108-91(68-54-46-36-31-26-21-4)69-55-47-37-32-27-22-5)77-62-65-83-111-112-84-66-63-79-101-85-90(7)102(86-89(101)6)80-82-107-95(104)74-67-78-100(87-92(109-113(14,15)97(8,9)10)70-56-48-42-39-34-29-24-19-2)88-93(110-114(16,17)98(11,12)13)71-57-49-43-40-35-30-25-20-3/h89-93H,18-88H2,1-17H3. The monoisotopic (exact) mass is 1680 g/mol. The lowest BCUT2D eigenvalue weighted by molar-refractivity contribution is -0.150. The van der Waals surface area contributed by atoms with Crippen LogP contribution in [-0.2, 0) is 37.4 Å². The first-order chi connectivity index (χ1) is 54.8. The van der Waals surface area contributed by atoms with E-state index in [0.717, 1.165) is 136 Å². The number of piperazine rings is 1. The Morgan fingerprint density at radius 1 is 0.342 bits per heavy atom. The lowest BCUT2D eigenvalue weighted by atomic mass is 10.0. The highest BCUT2D eigenvalue weighted by Gasteiger charge is 2.41. The van der Waals surface area contributed by atoms with Crippen LogP contribution in [-0.4, -0.2) is 175 Å². The first kappa shape index (κ1) is 111. The van der Waals surface area contributed by atoms with E-state index in [2.05, 4.69) is 157 Å². The van der Waals surface area contributed by atoms with Gasteiger partial charge < -0.3 is 28.0 Å². The number of hydrogen-bond donors (Lipinski definition) is 0. The van der Waals surface area contributed by atoms with Gasteiger partial charge in [0.05, 0.1) is 18.8 Å². The molecule has 1 saturated heterocycles. The third-order valence-electron chi connectivity index (χ3n) is 25.7. The van der Waals surface area contributed by atoms with Gasteiger partial charge in [0.25, 0.3) is 0 Å². The summed E-state index contributed by atoms with van der Waals surface area (Å²) in [5.41, 5.74) is 0. The molecule has 114 heavy (non-hydrogen) atoms. The normalized spacial score (nSPS) is 15.5. The van der Waals surface area contributed by atoms with E-state index in [1.807, 2.05) is 0 Å². The average Bonchev–Trinajstić information content (AvgIpc) is 1.51. The molecular formula is C98H198N4O8S2Si2. The van der Waals surface area contributed by atoms with E-state index in [0.29, 0.717) is 44.6 Å². The minimum atomic E-state index is -2.05. The molecule has 0 amide bonds. The molecule has 1 heterocycles. The van der Waals surface area contributed by atoms with Gasteiger partial charge >= 0.3 is 17.9 Å². The van der Waals surface area contributed by atoms with E-state index in [-0.39, 0.29) is 46.3 Å². The molecule has 678 valence electrons. The minimum Gasteiger partial charge on any atom is -0.466 e. The Bertz CT molecular complexity index is 2100. The molecule has 1 aliphatic heterocycles. The van der Waals surface area contributed by atoms with Crippen molar-refractivity contribution in [2.75, 3.05) is 90.2 Å². The highest BCUT2D eigenvalue weighted by molar-refractivity contribution is 8.76. The summed E-state index contributed by atoms with van der Waals surface area (Å²) in [7, 11) is 0.0310. The van der Waals surface area contributed by atoms with E-state index in [1.54, 1.807) is 0 Å². The number of ether oxygens (including phenoxy) is 3. The molecule has 16 heteroatoms. The molecule has 0 aromatic heterocycles. The van der Waals surface area contributed by atoms with Gasteiger partial charge in [-0.15, -0.1) is 0 Å². The van der Waals surface area contributed by atoms with Gasteiger partial charge in [0, 0.05) is 75.6 Å². The summed E-state index contributed by atoms with van der Waals surface area (Å²) in [6, 6.07) is 0.904. The van der Waals surface area contributed by atoms with Crippen molar-refractivity contribution in [3.63, 3.8) is 0 Å². The maximum atomic E-state index is 13.7. The number of nitrogens with zero attached hydrogens (tertiary/aromatic N) is 4. The van der Waals surface area contributed by atoms with Gasteiger partial charge in [-0.05, 0) is 186 Å². The fraction of sp³-hybridized carbons (Fsp3) is 0.969. The fourth-order valence-corrected chi connectivity index (χ4v) is 21.0. The van der Waals surface area contributed by atoms with Gasteiger partial charge in [0.15, 0.2) is 16.6 Å². The molecule has 0 aromatic carbocycles. The van der Waals surface area contributed by atoms with Crippen LogP contribution in [0.2, 0.25) is 36.3 Å². The van der Waals surface area contributed by atoms with Crippen molar-refractivity contribution in [2.45, 2.75) is 523 Å². The molecule has 0 spiro atoms. The number of hydrogen-bond acceptors (Lipinski definition) is 14. The highest BCUT2D eigenvalue weighted by Crippen LogP contribution is 2.40. The zero-order valence-electron chi connectivity index (χ0n) is 79.5. The van der Waals surface area contributed by atoms with Gasteiger partial charge in [-0.25, -0.2) is 0 Å². The molecule has 4 unspecified atom stereocenters. The minimum absolute atomic E-state index is 0.0145. The Kier molecular flexibility index (Phi) is 72.1. The largest absolute Gasteiger partial charge is 0.466 e. The van der Waals surface area contributed by atoms with Crippen LogP contribution in [0.3, 0.4) is 0 Å². The van der Waals surface area contributed by atoms with Gasteiger partial charge in [0.2, 0.25) is 0 Å². The van der Waals surface area contributed by atoms with Crippen LogP contribution in [0.15, 0.2) is 0 Å². The average molecular weight is 1680 g/mol. The summed E-state index contributed by atoms with van der Waals surface area (Å²) >= 11 is 0. The Hall–Kier alpha value is -0.696. The Morgan fingerprint density at radius 3 is 1.04 bits per heavy atom. The SMILES string of the molecule is CCCCCCCCCCCOC(=O)CCCCCN(CCCCCCCC(=O)OC(CCCCCCCC)CCCCCCCC)CCCCSSCCCCN1CC(C)N(CCOC(=O)CCCN(CC(CCCCCCCCCC)O[Si](C)(C)C(C)(C)C)CC(CCCCCCCCCC)O[Si](C)(C)C(C)(C)C)CC1C. The van der Waals surface area contributed by atoms with Crippen molar-refractivity contribution >= 4 is 56.1 Å². The summed E-state index contributed by atoms with van der Waals surface area (Å²) in [4.78, 5) is 50.1. The van der Waals surface area contributed by atoms with Gasteiger partial charge in [-0.3, -0.25) is 29.1 Å². The molecule has 1 fully saturated rings. The molecule has 4 atom stereocenters. The van der Waals surface area contributed by atoms with Gasteiger partial charge in [0.1, 0.15) is 12.7 Å². The van der Waals surface area contributed by atoms with Crippen LogP contribution >= 0.6 is 21.6 Å². The Labute approximate surface area is 721 Å². The molecule has 0 aliphatic carbocycles. The molecule has 0 bridgehead atoms. The predicted molar refractivity (Wildman–Crippen MR) is 507 cm³/mol. The van der Waals surface area contributed by atoms with Crippen molar-refractivity contribution in [2.24, 2.45) is 0 Å². The zero-order valence-corrected chi connectivity index (χ0v) is 83.1. The second kappa shape index (κ2) is 73.8. The van der Waals surface area contributed by atoms with Crippen molar-refractivity contribution in [1.82, 2.24) is 19.6 Å². The van der Waals surface area contributed by atoms with Crippen molar-refractivity contribution < 1.29 is 37.4 Å². The quantitative estimate of drug-likeness (QED) is 0.0189. The summed E-state index contributed by atoms with van der Waals surface area (Å²) in [5.74, 6) is 2.36. The first-order valence-electron chi connectivity index (χ1n) is 49.9. The second-order valence-electron chi connectivity index (χ2n) is 38.8. The first-order valence-corrected chi connectivity index (χ1v) is 58.2. The van der Waals surface area contributed by atoms with E-state index in [9.17, 15) is 14.4 Å². The number of unbranched alkanes of at least 4 members (excludes halogenated alkanes) is 40. The molecule has 12 nitrogen and oxygen atoms in total. The molecule has 0 aromatic rings. The summed E-state index contributed by atoms with van der Waals surface area (Å²) in [5, 5.41) is 0.261. The molecule has 0 saturated carbocycles. The van der Waals surface area contributed by atoms with Crippen LogP contribution in [0, 0.1) is 0 Å².